The number of unbranched alkanes of at least 4 members (excludes halogenated alkanes) is 12. The summed E-state index contributed by atoms with van der Waals surface area (Å²) in [7, 11) is 0. The van der Waals surface area contributed by atoms with Crippen LogP contribution in [0.2, 0.25) is 0 Å². The third-order valence-corrected chi connectivity index (χ3v) is 11.5. The smallest absolute Gasteiger partial charge is 0.251 e. The van der Waals surface area contributed by atoms with E-state index in [0.717, 1.165) is 133 Å². The molecule has 7 rings (SSSR count). The van der Waals surface area contributed by atoms with Crippen molar-refractivity contribution in [3.8, 4) is 0 Å². The molecule has 2 bridgehead atoms. The summed E-state index contributed by atoms with van der Waals surface area (Å²) in [6.07, 6.45) is 15.8. The highest BCUT2D eigenvalue weighted by Gasteiger charge is 2.65. The van der Waals surface area contributed by atoms with E-state index in [1.807, 2.05) is 30.3 Å². The van der Waals surface area contributed by atoms with Gasteiger partial charge in [0, 0.05) is 42.2 Å². The van der Waals surface area contributed by atoms with Crippen molar-refractivity contribution >= 4 is 17.7 Å². The van der Waals surface area contributed by atoms with Crippen LogP contribution in [-0.2, 0) is 5.41 Å². The maximum absolute atomic E-state index is 13.9. The highest BCUT2D eigenvalue weighted by molar-refractivity contribution is 6.04. The second kappa shape index (κ2) is 18.3. The Morgan fingerprint density at radius 2 is 0.868 bits per heavy atom. The van der Waals surface area contributed by atoms with Crippen LogP contribution >= 0.6 is 0 Å². The van der Waals surface area contributed by atoms with E-state index < -0.39 is 5.41 Å². The molecule has 4 aliphatic rings. The number of amides is 3. The third kappa shape index (κ3) is 8.08. The van der Waals surface area contributed by atoms with Crippen LogP contribution in [0.4, 0.5) is 0 Å². The summed E-state index contributed by atoms with van der Waals surface area (Å²) in [5.74, 6) is -0.266. The van der Waals surface area contributed by atoms with E-state index in [1.165, 1.54) is 22.3 Å². The minimum absolute atomic E-state index is 0.0278. The zero-order chi connectivity index (χ0) is 37.2. The molecule has 3 aromatic rings. The Morgan fingerprint density at radius 3 is 1.32 bits per heavy atom. The molecule has 284 valence electrons. The van der Waals surface area contributed by atoms with Crippen LogP contribution in [0, 0.1) is 0 Å². The van der Waals surface area contributed by atoms with Gasteiger partial charge in [0.15, 0.2) is 0 Å². The van der Waals surface area contributed by atoms with E-state index >= 15 is 0 Å². The van der Waals surface area contributed by atoms with Crippen LogP contribution in [0.15, 0.2) is 48.5 Å². The van der Waals surface area contributed by atoms with Gasteiger partial charge in [-0.2, -0.15) is 0 Å². The summed E-state index contributed by atoms with van der Waals surface area (Å²) in [6, 6.07) is 16.3. The Kier molecular flexibility index (Phi) is 13.4. The zero-order valence-corrected chi connectivity index (χ0v) is 31.5. The molecule has 0 fully saturated rings. The molecule has 0 atom stereocenters. The number of hydrogen-bond acceptors (Lipinski definition) is 6. The molecule has 0 aromatic heterocycles. The summed E-state index contributed by atoms with van der Waals surface area (Å²) in [5, 5.41) is 9.47. The lowest BCUT2D eigenvalue weighted by molar-refractivity contribution is 0.0944. The SMILES string of the molecule is NCCCCCCCNC(=O)c1ccc2c(c1)C13c4cc(C(=O)NCCCCCCCN)ccc4C2c2ccc(C(=O)NCCCCCCCN)c1c23. The fourth-order valence-electron chi connectivity index (χ4n) is 8.79. The van der Waals surface area contributed by atoms with Gasteiger partial charge in [-0.1, -0.05) is 76.0 Å². The maximum atomic E-state index is 13.9. The molecule has 3 amide bonds. The van der Waals surface area contributed by atoms with Crippen LogP contribution in [0.5, 0.6) is 0 Å². The van der Waals surface area contributed by atoms with Crippen molar-refractivity contribution in [2.24, 2.45) is 17.2 Å². The quantitative estimate of drug-likeness (QED) is 0.0413. The predicted molar refractivity (Wildman–Crippen MR) is 213 cm³/mol. The monoisotopic (exact) mass is 720 g/mol. The van der Waals surface area contributed by atoms with Crippen molar-refractivity contribution in [1.82, 2.24) is 16.0 Å². The Morgan fingerprint density at radius 1 is 0.472 bits per heavy atom. The number of carbonyl (C=O) groups excluding carboxylic acids is 3. The third-order valence-electron chi connectivity index (χ3n) is 11.5. The summed E-state index contributed by atoms with van der Waals surface area (Å²) < 4.78 is 0. The lowest BCUT2D eigenvalue weighted by Crippen LogP contribution is -2.33. The number of nitrogens with two attached hydrogens (primary N) is 3. The first-order chi connectivity index (χ1) is 26.0. The fraction of sp³-hybridized carbons (Fsp3) is 0.523. The van der Waals surface area contributed by atoms with E-state index in [9.17, 15) is 14.4 Å². The van der Waals surface area contributed by atoms with Gasteiger partial charge in [0.05, 0.1) is 5.41 Å². The molecule has 0 saturated heterocycles. The lowest BCUT2D eigenvalue weighted by atomic mass is 9.62. The molecule has 9 N–H and O–H groups in total. The van der Waals surface area contributed by atoms with Gasteiger partial charge in [-0.3, -0.25) is 14.4 Å². The Balaban J connectivity index is 1.24. The van der Waals surface area contributed by atoms with Crippen molar-refractivity contribution in [2.75, 3.05) is 39.3 Å². The molecule has 0 unspecified atom stereocenters. The number of nitrogens with one attached hydrogen (secondary N) is 3. The van der Waals surface area contributed by atoms with Gasteiger partial charge in [-0.15, -0.1) is 0 Å². The molecule has 0 radical (unpaired) electrons. The Labute approximate surface area is 315 Å². The highest BCUT2D eigenvalue weighted by Crippen LogP contribution is 2.72. The molecule has 3 aromatic carbocycles. The molecular formula is C44H60N6O3. The van der Waals surface area contributed by atoms with E-state index in [0.29, 0.717) is 36.3 Å². The molecule has 0 saturated carbocycles. The van der Waals surface area contributed by atoms with Gasteiger partial charge < -0.3 is 33.2 Å². The van der Waals surface area contributed by atoms with Gasteiger partial charge in [-0.25, -0.2) is 0 Å². The number of hydrogen-bond donors (Lipinski definition) is 6. The summed E-state index contributed by atoms with van der Waals surface area (Å²) in [5.41, 5.74) is 26.0. The number of benzene rings is 3. The van der Waals surface area contributed by atoms with Crippen LogP contribution in [0.3, 0.4) is 0 Å². The van der Waals surface area contributed by atoms with Crippen molar-refractivity contribution in [1.29, 1.82) is 0 Å². The van der Waals surface area contributed by atoms with Gasteiger partial charge in [0.1, 0.15) is 0 Å². The van der Waals surface area contributed by atoms with E-state index in [4.69, 9.17) is 17.2 Å². The molecule has 0 aliphatic heterocycles. The predicted octanol–water partition coefficient (Wildman–Crippen LogP) is 6.11. The second-order valence-electron chi connectivity index (χ2n) is 15.2. The number of rotatable bonds is 24. The van der Waals surface area contributed by atoms with Gasteiger partial charge in [0.2, 0.25) is 0 Å². The molecular weight excluding hydrogens is 661 g/mol. The van der Waals surface area contributed by atoms with E-state index in [-0.39, 0.29) is 23.6 Å². The minimum atomic E-state index is -0.661. The average Bonchev–Trinajstić information content (AvgIpc) is 3.88. The van der Waals surface area contributed by atoms with E-state index in [1.54, 1.807) is 0 Å². The number of carbonyl (C=O) groups is 3. The standard InChI is InChI=1S/C44H60N6O3/c45-22-10-4-1-7-13-25-48-41(51)30-16-18-32-36(28-30)44-37-29-31(42(52)49-26-14-8-2-5-11-23-46)17-19-33(37)38(32)34-20-21-35(40(44)39(34)44)43(53)50-27-15-9-3-6-12-24-47/h16-21,28-29,38H,1-15,22-27,45-47H2,(H,48,51)(H,49,52)(H,50,53). The van der Waals surface area contributed by atoms with Crippen molar-refractivity contribution < 1.29 is 14.4 Å². The van der Waals surface area contributed by atoms with Crippen LogP contribution < -0.4 is 33.2 Å². The van der Waals surface area contributed by atoms with Crippen molar-refractivity contribution in [2.45, 2.75) is 108 Å². The minimum Gasteiger partial charge on any atom is -0.352 e. The molecule has 0 heterocycles. The maximum Gasteiger partial charge on any atom is 0.251 e. The highest BCUT2D eigenvalue weighted by atomic mass is 16.2. The van der Waals surface area contributed by atoms with Gasteiger partial charge in [0.25, 0.3) is 17.7 Å². The van der Waals surface area contributed by atoms with Crippen LogP contribution in [-0.4, -0.2) is 57.0 Å². The Hall–Kier alpha value is -4.05. The van der Waals surface area contributed by atoms with Crippen LogP contribution in [0.1, 0.15) is 172 Å². The summed E-state index contributed by atoms with van der Waals surface area (Å²) in [6.45, 7) is 4.04. The van der Waals surface area contributed by atoms with Gasteiger partial charge in [-0.05, 0) is 127 Å². The zero-order valence-electron chi connectivity index (χ0n) is 31.5. The fourth-order valence-corrected chi connectivity index (χ4v) is 8.79. The largest absolute Gasteiger partial charge is 0.352 e. The normalized spacial score (nSPS) is 16.8. The molecule has 4 aliphatic carbocycles. The van der Waals surface area contributed by atoms with Crippen molar-refractivity contribution in [3.63, 3.8) is 0 Å². The van der Waals surface area contributed by atoms with Crippen molar-refractivity contribution in [3.05, 3.63) is 104 Å². The van der Waals surface area contributed by atoms with Gasteiger partial charge >= 0.3 is 0 Å². The van der Waals surface area contributed by atoms with Crippen LogP contribution in [0.25, 0.3) is 0 Å². The molecule has 9 heteroatoms. The second-order valence-corrected chi connectivity index (χ2v) is 15.2. The first kappa shape index (κ1) is 38.7. The average molecular weight is 721 g/mol. The first-order valence-corrected chi connectivity index (χ1v) is 20.4. The van der Waals surface area contributed by atoms with E-state index in [2.05, 4.69) is 34.1 Å². The lowest BCUT2D eigenvalue weighted by Gasteiger charge is -2.40. The summed E-state index contributed by atoms with van der Waals surface area (Å²) in [4.78, 5) is 40.9. The first-order valence-electron chi connectivity index (χ1n) is 20.4. The molecule has 1 spiro atoms. The topological polar surface area (TPSA) is 165 Å². The Bertz CT molecular complexity index is 1690. The summed E-state index contributed by atoms with van der Waals surface area (Å²) >= 11 is 0. The molecule has 9 nitrogen and oxygen atoms in total. The molecule has 53 heavy (non-hydrogen) atoms.